The largest absolute Gasteiger partial charge is 0.312 e. The van der Waals surface area contributed by atoms with E-state index in [0.29, 0.717) is 6.04 Å². The molecule has 4 nitrogen and oxygen atoms in total. The second kappa shape index (κ2) is 1.80. The molecule has 0 bridgehead atoms. The van der Waals surface area contributed by atoms with Crippen LogP contribution < -0.4 is 5.32 Å². The van der Waals surface area contributed by atoms with E-state index in [9.17, 15) is 0 Å². The van der Waals surface area contributed by atoms with Gasteiger partial charge in [0, 0.05) is 13.1 Å². The summed E-state index contributed by atoms with van der Waals surface area (Å²) in [7, 11) is 0. The third-order valence-electron chi connectivity index (χ3n) is 1.52. The lowest BCUT2D eigenvalue weighted by Crippen LogP contribution is -2.44. The predicted octanol–water partition coefficient (Wildman–Crippen LogP) is -0.578. The van der Waals surface area contributed by atoms with Crippen LogP contribution in [0.4, 0.5) is 0 Å². The molecule has 4 heteroatoms. The van der Waals surface area contributed by atoms with Crippen molar-refractivity contribution in [3.63, 3.8) is 0 Å². The summed E-state index contributed by atoms with van der Waals surface area (Å²) in [6.07, 6.45) is 3.41. The van der Waals surface area contributed by atoms with Gasteiger partial charge in [0.1, 0.15) is 0 Å². The van der Waals surface area contributed by atoms with Crippen molar-refractivity contribution in [2.75, 3.05) is 13.1 Å². The monoisotopic (exact) mass is 124 g/mol. The van der Waals surface area contributed by atoms with Crippen LogP contribution in [0.5, 0.6) is 0 Å². The molecule has 1 aromatic rings. The van der Waals surface area contributed by atoms with E-state index in [4.69, 9.17) is 0 Å². The topological polar surface area (TPSA) is 42.7 Å². The molecule has 2 rings (SSSR count). The van der Waals surface area contributed by atoms with Crippen molar-refractivity contribution in [2.24, 2.45) is 0 Å². The molecule has 9 heavy (non-hydrogen) atoms. The predicted molar refractivity (Wildman–Crippen MR) is 31.9 cm³/mol. The van der Waals surface area contributed by atoms with Crippen LogP contribution in [0.15, 0.2) is 12.4 Å². The van der Waals surface area contributed by atoms with Crippen LogP contribution >= 0.6 is 0 Å². The highest BCUT2D eigenvalue weighted by atomic mass is 15.5. The molecule has 1 saturated heterocycles. The third kappa shape index (κ3) is 0.712. The molecule has 1 N–H and O–H groups in total. The molecule has 0 atom stereocenters. The van der Waals surface area contributed by atoms with Gasteiger partial charge in [-0.3, -0.25) is 0 Å². The summed E-state index contributed by atoms with van der Waals surface area (Å²) in [5.74, 6) is 0. The first-order chi connectivity index (χ1) is 4.47. The zero-order chi connectivity index (χ0) is 6.10. The van der Waals surface area contributed by atoms with Crippen molar-refractivity contribution in [1.29, 1.82) is 0 Å². The molecule has 1 aliphatic rings. The third-order valence-corrected chi connectivity index (χ3v) is 1.52. The minimum absolute atomic E-state index is 0.500. The smallest absolute Gasteiger partial charge is 0.0964 e. The molecule has 0 spiro atoms. The molecule has 0 amide bonds. The Labute approximate surface area is 52.9 Å². The fourth-order valence-electron chi connectivity index (χ4n) is 0.851. The quantitative estimate of drug-likeness (QED) is 0.544. The lowest BCUT2D eigenvalue weighted by atomic mass is 10.2. The first kappa shape index (κ1) is 4.93. The van der Waals surface area contributed by atoms with Crippen LogP contribution in [0.3, 0.4) is 0 Å². The van der Waals surface area contributed by atoms with E-state index in [1.165, 1.54) is 0 Å². The summed E-state index contributed by atoms with van der Waals surface area (Å²) in [6.45, 7) is 2.02. The Kier molecular flexibility index (Phi) is 0.989. The molecule has 48 valence electrons. The molecule has 0 radical (unpaired) electrons. The van der Waals surface area contributed by atoms with Gasteiger partial charge < -0.3 is 5.32 Å². The van der Waals surface area contributed by atoms with Crippen molar-refractivity contribution in [1.82, 2.24) is 20.3 Å². The molecule has 1 aromatic heterocycles. The Balaban J connectivity index is 2.14. The molecule has 2 heterocycles. The number of hydrogen-bond acceptors (Lipinski definition) is 3. The Morgan fingerprint density at radius 2 is 2.00 bits per heavy atom. The fourth-order valence-corrected chi connectivity index (χ4v) is 0.851. The van der Waals surface area contributed by atoms with Gasteiger partial charge in [-0.15, -0.1) is 0 Å². The Hall–Kier alpha value is -0.900. The van der Waals surface area contributed by atoms with E-state index in [1.54, 1.807) is 17.2 Å². The van der Waals surface area contributed by atoms with Crippen LogP contribution in [0.25, 0.3) is 0 Å². The highest BCUT2D eigenvalue weighted by Crippen LogP contribution is 2.05. The Bertz CT molecular complexity index is 177. The lowest BCUT2D eigenvalue weighted by Gasteiger charge is -2.25. The summed E-state index contributed by atoms with van der Waals surface area (Å²) in [4.78, 5) is 1.75. The van der Waals surface area contributed by atoms with Crippen molar-refractivity contribution in [3.05, 3.63) is 12.4 Å². The van der Waals surface area contributed by atoms with Gasteiger partial charge in [0.2, 0.25) is 0 Å². The highest BCUT2D eigenvalue weighted by molar-refractivity contribution is 4.78. The maximum atomic E-state index is 4.00. The number of rotatable bonds is 1. The average Bonchev–Trinajstić information content (AvgIpc) is 2.11. The maximum Gasteiger partial charge on any atom is 0.0964 e. The standard InChI is InChI=1S/C5H8N4/c1-2-8-9(7-1)5-3-6-4-5/h1-2,5-6H,3-4H2. The second-order valence-corrected chi connectivity index (χ2v) is 2.16. The van der Waals surface area contributed by atoms with E-state index in [1.807, 2.05) is 0 Å². The molecule has 0 unspecified atom stereocenters. The minimum atomic E-state index is 0.500. The van der Waals surface area contributed by atoms with Gasteiger partial charge in [0.25, 0.3) is 0 Å². The van der Waals surface area contributed by atoms with E-state index in [2.05, 4.69) is 15.5 Å². The van der Waals surface area contributed by atoms with Crippen molar-refractivity contribution in [3.8, 4) is 0 Å². The zero-order valence-electron chi connectivity index (χ0n) is 4.99. The number of nitrogens with one attached hydrogen (secondary N) is 1. The summed E-state index contributed by atoms with van der Waals surface area (Å²) in [5, 5.41) is 11.2. The fraction of sp³-hybridized carbons (Fsp3) is 0.600. The van der Waals surface area contributed by atoms with Crippen LogP contribution in [0, 0.1) is 0 Å². The number of nitrogens with zero attached hydrogens (tertiary/aromatic N) is 3. The maximum absolute atomic E-state index is 4.00. The van der Waals surface area contributed by atoms with Gasteiger partial charge in [-0.1, -0.05) is 0 Å². The van der Waals surface area contributed by atoms with E-state index in [0.717, 1.165) is 13.1 Å². The molecule has 0 aromatic carbocycles. The van der Waals surface area contributed by atoms with Gasteiger partial charge >= 0.3 is 0 Å². The molecule has 0 aliphatic carbocycles. The summed E-state index contributed by atoms with van der Waals surface area (Å²) in [5.41, 5.74) is 0. The second-order valence-electron chi connectivity index (χ2n) is 2.16. The van der Waals surface area contributed by atoms with Crippen molar-refractivity contribution in [2.45, 2.75) is 6.04 Å². The number of hydrogen-bond donors (Lipinski definition) is 1. The number of aromatic nitrogens is 3. The molecule has 1 aliphatic heterocycles. The molecule has 1 fully saturated rings. The average molecular weight is 124 g/mol. The van der Waals surface area contributed by atoms with Crippen LogP contribution in [-0.2, 0) is 0 Å². The summed E-state index contributed by atoms with van der Waals surface area (Å²) < 4.78 is 0. The Morgan fingerprint density at radius 1 is 1.33 bits per heavy atom. The van der Waals surface area contributed by atoms with Gasteiger partial charge in [-0.25, -0.2) is 0 Å². The zero-order valence-corrected chi connectivity index (χ0v) is 4.99. The van der Waals surface area contributed by atoms with Gasteiger partial charge in [-0.05, 0) is 0 Å². The van der Waals surface area contributed by atoms with Crippen molar-refractivity contribution >= 4 is 0 Å². The van der Waals surface area contributed by atoms with E-state index in [-0.39, 0.29) is 0 Å². The van der Waals surface area contributed by atoms with Gasteiger partial charge in [0.15, 0.2) is 0 Å². The van der Waals surface area contributed by atoms with Crippen LogP contribution in [0.2, 0.25) is 0 Å². The van der Waals surface area contributed by atoms with Crippen LogP contribution in [-0.4, -0.2) is 28.1 Å². The van der Waals surface area contributed by atoms with E-state index < -0.39 is 0 Å². The van der Waals surface area contributed by atoms with Crippen molar-refractivity contribution < 1.29 is 0 Å². The van der Waals surface area contributed by atoms with Crippen LogP contribution in [0.1, 0.15) is 6.04 Å². The normalized spacial score (nSPS) is 19.6. The first-order valence-electron chi connectivity index (χ1n) is 3.03. The minimum Gasteiger partial charge on any atom is -0.312 e. The first-order valence-corrected chi connectivity index (χ1v) is 3.03. The van der Waals surface area contributed by atoms with E-state index >= 15 is 0 Å². The van der Waals surface area contributed by atoms with Gasteiger partial charge in [0.05, 0.1) is 18.4 Å². The molecular weight excluding hydrogens is 116 g/mol. The molecular formula is C5H8N4. The summed E-state index contributed by atoms with van der Waals surface area (Å²) >= 11 is 0. The summed E-state index contributed by atoms with van der Waals surface area (Å²) in [6, 6.07) is 0.500. The lowest BCUT2D eigenvalue weighted by molar-refractivity contribution is 0.289. The Morgan fingerprint density at radius 3 is 2.44 bits per heavy atom. The highest BCUT2D eigenvalue weighted by Gasteiger charge is 2.19. The SMILES string of the molecule is c1cnn(C2CNC2)n1. The van der Waals surface area contributed by atoms with Gasteiger partial charge in [-0.2, -0.15) is 15.0 Å². The molecule has 0 saturated carbocycles.